The average Bonchev–Trinajstić information content (AvgIpc) is 2.36. The lowest BCUT2D eigenvalue weighted by atomic mass is 9.75. The van der Waals surface area contributed by atoms with E-state index in [0.717, 1.165) is 29.3 Å². The largest absolute Gasteiger partial charge is 0.481 e. The van der Waals surface area contributed by atoms with Gasteiger partial charge in [-0.3, -0.25) is 4.79 Å². The summed E-state index contributed by atoms with van der Waals surface area (Å²) in [5.41, 5.74) is 0.489. The third-order valence-corrected chi connectivity index (χ3v) is 4.12. The molecule has 0 amide bonds. The van der Waals surface area contributed by atoms with Crippen molar-refractivity contribution in [1.82, 2.24) is 0 Å². The predicted octanol–water partition coefficient (Wildman–Crippen LogP) is 4.66. The zero-order chi connectivity index (χ0) is 13.6. The van der Waals surface area contributed by atoms with Crippen molar-refractivity contribution in [3.63, 3.8) is 0 Å². The van der Waals surface area contributed by atoms with Crippen molar-refractivity contribution in [3.8, 4) is 0 Å². The Labute approximate surface area is 118 Å². The summed E-state index contributed by atoms with van der Waals surface area (Å²) < 4.78 is 1.03. The topological polar surface area (TPSA) is 37.3 Å². The highest BCUT2D eigenvalue weighted by atomic mass is 79.9. The van der Waals surface area contributed by atoms with Crippen LogP contribution in [0.15, 0.2) is 28.7 Å². The van der Waals surface area contributed by atoms with Crippen molar-refractivity contribution in [3.05, 3.63) is 34.3 Å². The summed E-state index contributed by atoms with van der Waals surface area (Å²) in [5, 5.41) is 9.56. The van der Waals surface area contributed by atoms with Crippen LogP contribution in [-0.4, -0.2) is 11.1 Å². The number of carboxylic acids is 1. The second-order valence-electron chi connectivity index (χ2n) is 4.85. The zero-order valence-corrected chi connectivity index (χ0v) is 12.7. The highest BCUT2D eigenvalue weighted by molar-refractivity contribution is 9.10. The molecule has 0 aliphatic heterocycles. The summed E-state index contributed by atoms with van der Waals surface area (Å²) in [6.07, 6.45) is 4.06. The fraction of sp³-hybridized carbons (Fsp3) is 0.533. The molecule has 0 aromatic heterocycles. The van der Waals surface area contributed by atoms with Gasteiger partial charge in [0.2, 0.25) is 0 Å². The highest BCUT2D eigenvalue weighted by Gasteiger charge is 2.35. The SMILES string of the molecule is CCCCC(CC)(Cc1ccc(Br)cc1)C(=O)O. The molecule has 0 aliphatic rings. The molecule has 18 heavy (non-hydrogen) atoms. The van der Waals surface area contributed by atoms with Gasteiger partial charge in [0.05, 0.1) is 5.41 Å². The first kappa shape index (κ1) is 15.2. The van der Waals surface area contributed by atoms with Crippen molar-refractivity contribution in [2.45, 2.75) is 46.0 Å². The maximum atomic E-state index is 11.6. The maximum Gasteiger partial charge on any atom is 0.309 e. The van der Waals surface area contributed by atoms with Crippen LogP contribution in [0.4, 0.5) is 0 Å². The van der Waals surface area contributed by atoms with Gasteiger partial charge in [-0.2, -0.15) is 0 Å². The van der Waals surface area contributed by atoms with E-state index in [2.05, 4.69) is 22.9 Å². The highest BCUT2D eigenvalue weighted by Crippen LogP contribution is 2.33. The zero-order valence-electron chi connectivity index (χ0n) is 11.1. The quantitative estimate of drug-likeness (QED) is 0.794. The molecule has 0 aliphatic carbocycles. The standard InChI is InChI=1S/C15H21BrO2/c1-3-5-10-15(4-2,14(17)18)11-12-6-8-13(16)9-7-12/h6-9H,3-5,10-11H2,1-2H3,(H,17,18). The smallest absolute Gasteiger partial charge is 0.309 e. The van der Waals surface area contributed by atoms with Crippen molar-refractivity contribution in [2.75, 3.05) is 0 Å². The Morgan fingerprint density at radius 2 is 1.89 bits per heavy atom. The van der Waals surface area contributed by atoms with Crippen molar-refractivity contribution < 1.29 is 9.90 Å². The van der Waals surface area contributed by atoms with E-state index in [1.165, 1.54) is 0 Å². The molecule has 1 aromatic rings. The molecule has 0 saturated heterocycles. The van der Waals surface area contributed by atoms with Crippen molar-refractivity contribution >= 4 is 21.9 Å². The number of carbonyl (C=O) groups is 1. The van der Waals surface area contributed by atoms with E-state index >= 15 is 0 Å². The molecule has 1 atom stereocenters. The minimum absolute atomic E-state index is 0.607. The molecule has 0 spiro atoms. The van der Waals surface area contributed by atoms with Crippen LogP contribution in [-0.2, 0) is 11.2 Å². The number of aliphatic carboxylic acids is 1. The fourth-order valence-electron chi connectivity index (χ4n) is 2.23. The number of unbranched alkanes of at least 4 members (excludes halogenated alkanes) is 1. The van der Waals surface area contributed by atoms with Crippen LogP contribution in [0.3, 0.4) is 0 Å². The van der Waals surface area contributed by atoms with E-state index in [-0.39, 0.29) is 0 Å². The molecule has 2 nitrogen and oxygen atoms in total. The molecule has 1 unspecified atom stereocenters. The van der Waals surface area contributed by atoms with Crippen LogP contribution >= 0.6 is 15.9 Å². The molecule has 100 valence electrons. The minimum Gasteiger partial charge on any atom is -0.481 e. The van der Waals surface area contributed by atoms with E-state index in [4.69, 9.17) is 0 Å². The van der Waals surface area contributed by atoms with E-state index in [1.54, 1.807) is 0 Å². The van der Waals surface area contributed by atoms with E-state index < -0.39 is 11.4 Å². The lowest BCUT2D eigenvalue weighted by Gasteiger charge is -2.28. The van der Waals surface area contributed by atoms with Gasteiger partial charge >= 0.3 is 5.97 Å². The second kappa shape index (κ2) is 6.93. The Balaban J connectivity index is 2.89. The first-order chi connectivity index (χ1) is 8.54. The number of halogens is 1. The summed E-state index contributed by atoms with van der Waals surface area (Å²) in [5.74, 6) is -0.665. The number of rotatable bonds is 7. The van der Waals surface area contributed by atoms with Gasteiger partial charge in [-0.25, -0.2) is 0 Å². The fourth-order valence-corrected chi connectivity index (χ4v) is 2.50. The third-order valence-electron chi connectivity index (χ3n) is 3.60. The Morgan fingerprint density at radius 1 is 1.28 bits per heavy atom. The Hall–Kier alpha value is -0.830. The predicted molar refractivity (Wildman–Crippen MR) is 77.7 cm³/mol. The Kier molecular flexibility index (Phi) is 5.86. The second-order valence-corrected chi connectivity index (χ2v) is 5.76. The molecule has 3 heteroatoms. The molecule has 1 rings (SSSR count). The van der Waals surface area contributed by atoms with Crippen LogP contribution in [0.25, 0.3) is 0 Å². The van der Waals surface area contributed by atoms with Crippen LogP contribution < -0.4 is 0 Å². The molecule has 0 heterocycles. The summed E-state index contributed by atoms with van der Waals surface area (Å²) in [7, 11) is 0. The van der Waals surface area contributed by atoms with E-state index in [9.17, 15) is 9.90 Å². The monoisotopic (exact) mass is 312 g/mol. The van der Waals surface area contributed by atoms with Crippen LogP contribution in [0.2, 0.25) is 0 Å². The van der Waals surface area contributed by atoms with Gasteiger partial charge < -0.3 is 5.11 Å². The lowest BCUT2D eigenvalue weighted by Crippen LogP contribution is -2.32. The number of hydrogen-bond acceptors (Lipinski definition) is 1. The molecule has 0 bridgehead atoms. The van der Waals surface area contributed by atoms with Crippen molar-refractivity contribution in [1.29, 1.82) is 0 Å². The Bertz CT molecular complexity index is 386. The number of benzene rings is 1. The van der Waals surface area contributed by atoms with E-state index in [0.29, 0.717) is 12.8 Å². The molecular formula is C15H21BrO2. The first-order valence-electron chi connectivity index (χ1n) is 6.52. The summed E-state index contributed by atoms with van der Waals surface area (Å²) in [6, 6.07) is 7.95. The van der Waals surface area contributed by atoms with Gasteiger partial charge in [0, 0.05) is 4.47 Å². The van der Waals surface area contributed by atoms with Crippen molar-refractivity contribution in [2.24, 2.45) is 5.41 Å². The first-order valence-corrected chi connectivity index (χ1v) is 7.31. The molecule has 0 saturated carbocycles. The number of hydrogen-bond donors (Lipinski definition) is 1. The van der Waals surface area contributed by atoms with Gasteiger partial charge in [0.15, 0.2) is 0 Å². The van der Waals surface area contributed by atoms with E-state index in [1.807, 2.05) is 31.2 Å². The third kappa shape index (κ3) is 3.84. The molecule has 0 radical (unpaired) electrons. The van der Waals surface area contributed by atoms with Crippen LogP contribution in [0.5, 0.6) is 0 Å². The summed E-state index contributed by atoms with van der Waals surface area (Å²) in [4.78, 5) is 11.6. The normalized spacial score (nSPS) is 14.2. The van der Waals surface area contributed by atoms with Gasteiger partial charge in [-0.15, -0.1) is 0 Å². The maximum absolute atomic E-state index is 11.6. The van der Waals surface area contributed by atoms with Gasteiger partial charge in [0.25, 0.3) is 0 Å². The lowest BCUT2D eigenvalue weighted by molar-refractivity contribution is -0.149. The molecule has 1 aromatic carbocycles. The average molecular weight is 313 g/mol. The number of carboxylic acid groups (broad SMARTS) is 1. The Morgan fingerprint density at radius 3 is 2.33 bits per heavy atom. The van der Waals surface area contributed by atoms with Crippen LogP contribution in [0, 0.1) is 5.41 Å². The molecule has 0 fully saturated rings. The van der Waals surface area contributed by atoms with Gasteiger partial charge in [0.1, 0.15) is 0 Å². The van der Waals surface area contributed by atoms with Gasteiger partial charge in [-0.1, -0.05) is 54.8 Å². The van der Waals surface area contributed by atoms with Crippen LogP contribution in [0.1, 0.15) is 45.1 Å². The molecule has 1 N–H and O–H groups in total. The summed E-state index contributed by atoms with van der Waals surface area (Å²) >= 11 is 3.40. The minimum atomic E-state index is -0.665. The molecular weight excluding hydrogens is 292 g/mol. The summed E-state index contributed by atoms with van der Waals surface area (Å²) in [6.45, 7) is 4.07. The van der Waals surface area contributed by atoms with Gasteiger partial charge in [-0.05, 0) is 37.0 Å².